The van der Waals surface area contributed by atoms with Crippen LogP contribution in [0, 0.1) is 5.92 Å². The fourth-order valence-corrected chi connectivity index (χ4v) is 4.74. The van der Waals surface area contributed by atoms with E-state index < -0.39 is 17.9 Å². The number of carboxylic acids is 1. The monoisotopic (exact) mass is 520 g/mol. The van der Waals surface area contributed by atoms with Gasteiger partial charge in [-0.1, -0.05) is 60.1 Å². The smallest absolute Gasteiger partial charge is 0.326 e. The van der Waals surface area contributed by atoms with Gasteiger partial charge in [0, 0.05) is 19.5 Å². The quantitative estimate of drug-likeness (QED) is 0.449. The van der Waals surface area contributed by atoms with Crippen molar-refractivity contribution in [2.45, 2.75) is 25.3 Å². The lowest BCUT2D eigenvalue weighted by Crippen LogP contribution is -2.50. The topological polar surface area (TPSA) is 95.9 Å². The molecule has 2 amide bonds. The first kappa shape index (κ1) is 26.2. The van der Waals surface area contributed by atoms with Crippen molar-refractivity contribution in [3.63, 3.8) is 0 Å². The third-order valence-electron chi connectivity index (χ3n) is 6.62. The van der Waals surface area contributed by atoms with Crippen LogP contribution in [0.15, 0.2) is 72.8 Å². The van der Waals surface area contributed by atoms with Crippen LogP contribution >= 0.6 is 11.6 Å². The average molecular weight is 521 g/mol. The van der Waals surface area contributed by atoms with Gasteiger partial charge in [-0.3, -0.25) is 9.59 Å². The van der Waals surface area contributed by atoms with E-state index in [4.69, 9.17) is 16.3 Å². The summed E-state index contributed by atoms with van der Waals surface area (Å²) in [4.78, 5) is 39.5. The number of hydrogen-bond acceptors (Lipinski definition) is 4. The van der Waals surface area contributed by atoms with Crippen LogP contribution in [-0.4, -0.2) is 54.0 Å². The SMILES string of the molecule is COc1ccc(-c2ccc(C[C@H](NC(=O)C3CCCN(C(=O)c4ccccc4Cl)C3)C(=O)O)cc2)cc1. The lowest BCUT2D eigenvalue weighted by atomic mass is 9.95. The zero-order valence-electron chi connectivity index (χ0n) is 20.5. The lowest BCUT2D eigenvalue weighted by molar-refractivity contribution is -0.142. The molecule has 0 aromatic heterocycles. The van der Waals surface area contributed by atoms with Crippen molar-refractivity contribution in [2.24, 2.45) is 5.92 Å². The maximum Gasteiger partial charge on any atom is 0.326 e. The number of halogens is 1. The summed E-state index contributed by atoms with van der Waals surface area (Å²) in [6.45, 7) is 0.746. The summed E-state index contributed by atoms with van der Waals surface area (Å²) >= 11 is 6.18. The molecule has 1 saturated heterocycles. The molecular weight excluding hydrogens is 492 g/mol. The highest BCUT2D eigenvalue weighted by atomic mass is 35.5. The van der Waals surface area contributed by atoms with E-state index in [1.165, 1.54) is 0 Å². The van der Waals surface area contributed by atoms with Crippen LogP contribution in [0.25, 0.3) is 11.1 Å². The van der Waals surface area contributed by atoms with Gasteiger partial charge in [0.1, 0.15) is 11.8 Å². The van der Waals surface area contributed by atoms with Crippen LogP contribution in [-0.2, 0) is 16.0 Å². The molecule has 2 N–H and O–H groups in total. The normalized spacial score (nSPS) is 16.1. The summed E-state index contributed by atoms with van der Waals surface area (Å²) in [6.07, 6.45) is 1.39. The molecule has 1 unspecified atom stereocenters. The predicted molar refractivity (Wildman–Crippen MR) is 142 cm³/mol. The molecule has 1 fully saturated rings. The van der Waals surface area contributed by atoms with Crippen LogP contribution in [0.3, 0.4) is 0 Å². The molecule has 192 valence electrons. The number of carbonyl (C=O) groups is 3. The van der Waals surface area contributed by atoms with Crippen molar-refractivity contribution in [1.82, 2.24) is 10.2 Å². The van der Waals surface area contributed by atoms with Gasteiger partial charge in [-0.25, -0.2) is 4.79 Å². The molecule has 1 heterocycles. The number of ether oxygens (including phenoxy) is 1. The van der Waals surface area contributed by atoms with Crippen molar-refractivity contribution in [3.8, 4) is 16.9 Å². The molecule has 0 saturated carbocycles. The Morgan fingerprint density at radius 1 is 1.03 bits per heavy atom. The molecular formula is C29H29ClN2O5. The fourth-order valence-electron chi connectivity index (χ4n) is 4.52. The number of amides is 2. The zero-order valence-corrected chi connectivity index (χ0v) is 21.3. The minimum atomic E-state index is -1.10. The molecule has 2 atom stereocenters. The molecule has 4 rings (SSSR count). The van der Waals surface area contributed by atoms with E-state index in [9.17, 15) is 19.5 Å². The Morgan fingerprint density at radius 2 is 1.68 bits per heavy atom. The van der Waals surface area contributed by atoms with Gasteiger partial charge in [0.25, 0.3) is 5.91 Å². The molecule has 0 bridgehead atoms. The van der Waals surface area contributed by atoms with Crippen molar-refractivity contribution in [3.05, 3.63) is 88.9 Å². The van der Waals surface area contributed by atoms with Crippen LogP contribution in [0.2, 0.25) is 5.02 Å². The Labute approximate surface area is 221 Å². The van der Waals surface area contributed by atoms with E-state index in [1.807, 2.05) is 48.5 Å². The van der Waals surface area contributed by atoms with Gasteiger partial charge in [-0.05, 0) is 53.8 Å². The Bertz CT molecular complexity index is 1260. The van der Waals surface area contributed by atoms with Gasteiger partial charge in [-0.15, -0.1) is 0 Å². The fraction of sp³-hybridized carbons (Fsp3) is 0.276. The Hall–Kier alpha value is -3.84. The molecule has 3 aromatic carbocycles. The first-order chi connectivity index (χ1) is 17.9. The minimum absolute atomic E-state index is 0.152. The predicted octanol–water partition coefficient (Wildman–Crippen LogP) is 4.68. The highest BCUT2D eigenvalue weighted by molar-refractivity contribution is 6.33. The van der Waals surface area contributed by atoms with E-state index in [2.05, 4.69) is 5.32 Å². The van der Waals surface area contributed by atoms with Crippen LogP contribution in [0.1, 0.15) is 28.8 Å². The molecule has 1 aliphatic heterocycles. The summed E-state index contributed by atoms with van der Waals surface area (Å²) in [5.41, 5.74) is 3.20. The van der Waals surface area contributed by atoms with Crippen LogP contribution < -0.4 is 10.1 Å². The summed E-state index contributed by atoms with van der Waals surface area (Å²) in [7, 11) is 1.62. The number of aliphatic carboxylic acids is 1. The maximum absolute atomic E-state index is 13.0. The number of benzene rings is 3. The van der Waals surface area contributed by atoms with Gasteiger partial charge < -0.3 is 20.1 Å². The first-order valence-corrected chi connectivity index (χ1v) is 12.5. The first-order valence-electron chi connectivity index (χ1n) is 12.2. The molecule has 1 aliphatic rings. The largest absolute Gasteiger partial charge is 0.497 e. The number of likely N-dealkylation sites (tertiary alicyclic amines) is 1. The Balaban J connectivity index is 1.38. The third-order valence-corrected chi connectivity index (χ3v) is 6.94. The molecule has 7 nitrogen and oxygen atoms in total. The summed E-state index contributed by atoms with van der Waals surface area (Å²) in [5.74, 6) is -1.41. The van der Waals surface area contributed by atoms with Gasteiger partial charge in [-0.2, -0.15) is 0 Å². The second kappa shape index (κ2) is 11.9. The second-order valence-corrected chi connectivity index (χ2v) is 9.51. The van der Waals surface area contributed by atoms with Crippen molar-refractivity contribution >= 4 is 29.4 Å². The molecule has 0 aliphatic carbocycles. The molecule has 37 heavy (non-hydrogen) atoms. The summed E-state index contributed by atoms with van der Waals surface area (Å²) < 4.78 is 5.19. The maximum atomic E-state index is 13.0. The van der Waals surface area contributed by atoms with E-state index in [-0.39, 0.29) is 24.8 Å². The molecule has 3 aromatic rings. The molecule has 0 spiro atoms. The number of nitrogens with one attached hydrogen (secondary N) is 1. The summed E-state index contributed by atoms with van der Waals surface area (Å²) in [6, 6.07) is 21.0. The van der Waals surface area contributed by atoms with E-state index in [0.717, 1.165) is 22.4 Å². The number of piperidine rings is 1. The summed E-state index contributed by atoms with van der Waals surface area (Å²) in [5, 5.41) is 12.8. The Kier molecular flexibility index (Phi) is 8.46. The lowest BCUT2D eigenvalue weighted by Gasteiger charge is -2.33. The average Bonchev–Trinajstić information content (AvgIpc) is 2.93. The third kappa shape index (κ3) is 6.49. The number of nitrogens with zero attached hydrogens (tertiary/aromatic N) is 1. The minimum Gasteiger partial charge on any atom is -0.497 e. The van der Waals surface area contributed by atoms with E-state index in [0.29, 0.717) is 30.0 Å². The molecule has 0 radical (unpaired) electrons. The number of rotatable bonds is 8. The second-order valence-electron chi connectivity index (χ2n) is 9.10. The standard InChI is InChI=1S/C29H29ClN2O5/c1-37-23-14-12-21(13-15-23)20-10-8-19(9-11-20)17-26(29(35)36)31-27(33)22-5-4-16-32(18-22)28(34)24-6-2-3-7-25(24)30/h2-3,6-15,22,26H,4-5,16-18H2,1H3,(H,31,33)(H,35,36)/t22?,26-/m0/s1. The van der Waals surface area contributed by atoms with Gasteiger partial charge in [0.15, 0.2) is 0 Å². The molecule has 8 heteroatoms. The van der Waals surface area contributed by atoms with Gasteiger partial charge in [0.05, 0.1) is 23.6 Å². The van der Waals surface area contributed by atoms with E-state index in [1.54, 1.807) is 36.3 Å². The number of carbonyl (C=O) groups excluding carboxylic acids is 2. The van der Waals surface area contributed by atoms with Crippen molar-refractivity contribution < 1.29 is 24.2 Å². The van der Waals surface area contributed by atoms with Gasteiger partial charge in [0.2, 0.25) is 5.91 Å². The van der Waals surface area contributed by atoms with Gasteiger partial charge >= 0.3 is 5.97 Å². The van der Waals surface area contributed by atoms with E-state index >= 15 is 0 Å². The Morgan fingerprint density at radius 3 is 2.30 bits per heavy atom. The van der Waals surface area contributed by atoms with Crippen LogP contribution in [0.4, 0.5) is 0 Å². The number of methoxy groups -OCH3 is 1. The zero-order chi connectivity index (χ0) is 26.4. The highest BCUT2D eigenvalue weighted by Gasteiger charge is 2.32. The van der Waals surface area contributed by atoms with Crippen molar-refractivity contribution in [2.75, 3.05) is 20.2 Å². The number of hydrogen-bond donors (Lipinski definition) is 2. The number of carboxylic acid groups (broad SMARTS) is 1. The van der Waals surface area contributed by atoms with Crippen LogP contribution in [0.5, 0.6) is 5.75 Å². The van der Waals surface area contributed by atoms with Crippen molar-refractivity contribution in [1.29, 1.82) is 0 Å². The highest BCUT2D eigenvalue weighted by Crippen LogP contribution is 2.24.